The lowest BCUT2D eigenvalue weighted by atomic mass is 9.97. The summed E-state index contributed by atoms with van der Waals surface area (Å²) in [6.07, 6.45) is -2.52. The number of ether oxygens (including phenoxy) is 2. The number of urea groups is 1. The van der Waals surface area contributed by atoms with Gasteiger partial charge in [0.1, 0.15) is 18.8 Å². The molecule has 9 heteroatoms. The standard InChI is InChI=1S/C11H18F2N2O5/c1-11(20-5-9(16)17)6-15(7-11)10(18)14-2-3-19-4-8(12)13/h8H,2-7H2,1H3,(H,14,18)(H,16,17). The fraction of sp³-hybridized carbons (Fsp3) is 0.818. The molecular weight excluding hydrogens is 278 g/mol. The first-order valence-corrected chi connectivity index (χ1v) is 6.07. The van der Waals surface area contributed by atoms with E-state index in [9.17, 15) is 18.4 Å². The first-order valence-electron chi connectivity index (χ1n) is 6.07. The van der Waals surface area contributed by atoms with Gasteiger partial charge in [-0.15, -0.1) is 0 Å². The number of likely N-dealkylation sites (tertiary alicyclic amines) is 1. The molecule has 7 nitrogen and oxygen atoms in total. The van der Waals surface area contributed by atoms with E-state index in [0.29, 0.717) is 0 Å². The number of carbonyl (C=O) groups is 2. The fourth-order valence-corrected chi connectivity index (χ4v) is 1.75. The van der Waals surface area contributed by atoms with E-state index >= 15 is 0 Å². The van der Waals surface area contributed by atoms with Gasteiger partial charge in [-0.25, -0.2) is 18.4 Å². The zero-order valence-electron chi connectivity index (χ0n) is 11.1. The number of carbonyl (C=O) groups excluding carboxylic acids is 1. The van der Waals surface area contributed by atoms with Gasteiger partial charge in [-0.1, -0.05) is 0 Å². The van der Waals surface area contributed by atoms with E-state index in [1.807, 2.05) is 0 Å². The highest BCUT2D eigenvalue weighted by Crippen LogP contribution is 2.24. The van der Waals surface area contributed by atoms with Crippen LogP contribution in [0.15, 0.2) is 0 Å². The Bertz CT molecular complexity index is 348. The number of aliphatic carboxylic acids is 1. The van der Waals surface area contributed by atoms with Crippen molar-refractivity contribution < 1.29 is 33.0 Å². The minimum atomic E-state index is -2.52. The predicted octanol–water partition coefficient (Wildman–Crippen LogP) is 0.153. The highest BCUT2D eigenvalue weighted by Gasteiger charge is 2.42. The van der Waals surface area contributed by atoms with Gasteiger partial charge in [-0.2, -0.15) is 0 Å². The number of nitrogens with one attached hydrogen (secondary N) is 1. The quantitative estimate of drug-likeness (QED) is 0.623. The van der Waals surface area contributed by atoms with Crippen LogP contribution < -0.4 is 5.32 Å². The highest BCUT2D eigenvalue weighted by atomic mass is 19.3. The molecule has 1 fully saturated rings. The van der Waals surface area contributed by atoms with Crippen LogP contribution >= 0.6 is 0 Å². The zero-order chi connectivity index (χ0) is 15.2. The number of hydrogen-bond acceptors (Lipinski definition) is 4. The monoisotopic (exact) mass is 296 g/mol. The van der Waals surface area contributed by atoms with Gasteiger partial charge in [0.25, 0.3) is 6.43 Å². The van der Waals surface area contributed by atoms with Crippen molar-refractivity contribution in [2.75, 3.05) is 39.5 Å². The summed E-state index contributed by atoms with van der Waals surface area (Å²) in [5.74, 6) is -1.06. The Morgan fingerprint density at radius 3 is 2.65 bits per heavy atom. The molecule has 0 bridgehead atoms. The molecular formula is C11H18F2N2O5. The second-order valence-electron chi connectivity index (χ2n) is 4.69. The molecule has 1 aliphatic rings. The molecule has 0 aliphatic carbocycles. The molecule has 116 valence electrons. The van der Waals surface area contributed by atoms with Gasteiger partial charge in [0.15, 0.2) is 0 Å². The minimum Gasteiger partial charge on any atom is -0.480 e. The number of alkyl halides is 2. The number of carboxylic acids is 1. The number of carboxylic acid groups (broad SMARTS) is 1. The van der Waals surface area contributed by atoms with Crippen molar-refractivity contribution in [2.24, 2.45) is 0 Å². The van der Waals surface area contributed by atoms with Crippen LogP contribution in [0.1, 0.15) is 6.92 Å². The molecule has 0 unspecified atom stereocenters. The first kappa shape index (κ1) is 16.6. The highest BCUT2D eigenvalue weighted by molar-refractivity contribution is 5.75. The van der Waals surface area contributed by atoms with E-state index in [4.69, 9.17) is 9.84 Å². The summed E-state index contributed by atoms with van der Waals surface area (Å²) in [4.78, 5) is 23.4. The van der Waals surface area contributed by atoms with Crippen molar-refractivity contribution in [3.05, 3.63) is 0 Å². The minimum absolute atomic E-state index is 0.0106. The van der Waals surface area contributed by atoms with Crippen LogP contribution in [0.5, 0.6) is 0 Å². The Labute approximate surface area is 114 Å². The summed E-state index contributed by atoms with van der Waals surface area (Å²) in [7, 11) is 0. The summed E-state index contributed by atoms with van der Waals surface area (Å²) in [6.45, 7) is 1.36. The Hall–Kier alpha value is -1.48. The smallest absolute Gasteiger partial charge is 0.329 e. The second kappa shape index (κ2) is 7.34. The number of hydrogen-bond donors (Lipinski definition) is 2. The maximum atomic E-state index is 11.8. The van der Waals surface area contributed by atoms with Crippen molar-refractivity contribution in [3.8, 4) is 0 Å². The average molecular weight is 296 g/mol. The third-order valence-electron chi connectivity index (χ3n) is 2.65. The van der Waals surface area contributed by atoms with Crippen LogP contribution in [0.3, 0.4) is 0 Å². The molecule has 0 spiro atoms. The van der Waals surface area contributed by atoms with Gasteiger partial charge in [0.05, 0.1) is 19.7 Å². The van der Waals surface area contributed by atoms with Crippen molar-refractivity contribution in [3.63, 3.8) is 0 Å². The molecule has 1 rings (SSSR count). The summed E-state index contributed by atoms with van der Waals surface area (Å²) in [5.41, 5.74) is -0.651. The first-order chi connectivity index (χ1) is 9.32. The molecule has 0 aromatic heterocycles. The molecule has 1 heterocycles. The number of rotatable bonds is 8. The fourth-order valence-electron chi connectivity index (χ4n) is 1.75. The second-order valence-corrected chi connectivity index (χ2v) is 4.69. The summed E-state index contributed by atoms with van der Waals surface area (Å²) < 4.78 is 33.3. The van der Waals surface area contributed by atoms with Crippen molar-refractivity contribution in [1.29, 1.82) is 0 Å². The van der Waals surface area contributed by atoms with E-state index in [2.05, 4.69) is 10.1 Å². The third-order valence-corrected chi connectivity index (χ3v) is 2.65. The van der Waals surface area contributed by atoms with Gasteiger partial charge in [-0.3, -0.25) is 0 Å². The lowest BCUT2D eigenvalue weighted by Crippen LogP contribution is -2.65. The van der Waals surface area contributed by atoms with Gasteiger partial charge in [-0.05, 0) is 6.92 Å². The molecule has 0 aromatic carbocycles. The van der Waals surface area contributed by atoms with Crippen molar-refractivity contribution in [1.82, 2.24) is 10.2 Å². The Balaban J connectivity index is 2.10. The zero-order valence-corrected chi connectivity index (χ0v) is 11.1. The summed E-state index contributed by atoms with van der Waals surface area (Å²) >= 11 is 0. The molecule has 1 saturated heterocycles. The topological polar surface area (TPSA) is 88.1 Å². The van der Waals surface area contributed by atoms with Crippen molar-refractivity contribution >= 4 is 12.0 Å². The van der Waals surface area contributed by atoms with E-state index in [1.165, 1.54) is 4.90 Å². The van der Waals surface area contributed by atoms with Crippen LogP contribution in [0.4, 0.5) is 13.6 Å². The Morgan fingerprint density at radius 2 is 2.10 bits per heavy atom. The van der Waals surface area contributed by atoms with Crippen LogP contribution in [0.25, 0.3) is 0 Å². The molecule has 20 heavy (non-hydrogen) atoms. The normalized spacial score (nSPS) is 16.9. The van der Waals surface area contributed by atoms with E-state index in [0.717, 1.165) is 0 Å². The third kappa shape index (κ3) is 5.66. The van der Waals surface area contributed by atoms with Gasteiger partial charge >= 0.3 is 12.0 Å². The Kier molecular flexibility index (Phi) is 6.08. The molecule has 0 atom stereocenters. The SMILES string of the molecule is CC1(OCC(=O)O)CN(C(=O)NCCOCC(F)F)C1. The van der Waals surface area contributed by atoms with Gasteiger partial charge < -0.3 is 24.8 Å². The van der Waals surface area contributed by atoms with Crippen LogP contribution in [0, 0.1) is 0 Å². The van der Waals surface area contributed by atoms with E-state index < -0.39 is 31.2 Å². The van der Waals surface area contributed by atoms with E-state index in [-0.39, 0.29) is 32.3 Å². The lowest BCUT2D eigenvalue weighted by molar-refractivity contribution is -0.159. The van der Waals surface area contributed by atoms with Crippen LogP contribution in [-0.4, -0.2) is 73.5 Å². The molecule has 1 aliphatic heterocycles. The van der Waals surface area contributed by atoms with E-state index in [1.54, 1.807) is 6.92 Å². The Morgan fingerprint density at radius 1 is 1.45 bits per heavy atom. The predicted molar refractivity (Wildman–Crippen MR) is 63.8 cm³/mol. The van der Waals surface area contributed by atoms with Crippen molar-refractivity contribution in [2.45, 2.75) is 19.0 Å². The summed E-state index contributed by atoms with van der Waals surface area (Å²) in [5, 5.41) is 11.0. The maximum absolute atomic E-state index is 11.8. The maximum Gasteiger partial charge on any atom is 0.329 e. The largest absolute Gasteiger partial charge is 0.480 e. The number of halogens is 2. The molecule has 2 amide bonds. The molecule has 0 saturated carbocycles. The van der Waals surface area contributed by atoms with Gasteiger partial charge in [0.2, 0.25) is 0 Å². The summed E-state index contributed by atoms with van der Waals surface area (Å²) in [6, 6.07) is -0.359. The van der Waals surface area contributed by atoms with Crippen LogP contribution in [0.2, 0.25) is 0 Å². The van der Waals surface area contributed by atoms with Crippen LogP contribution in [-0.2, 0) is 14.3 Å². The average Bonchev–Trinajstić information content (AvgIpc) is 2.31. The molecule has 2 N–H and O–H groups in total. The molecule has 0 aromatic rings. The van der Waals surface area contributed by atoms with Gasteiger partial charge in [0, 0.05) is 6.54 Å². The molecule has 0 radical (unpaired) electrons. The number of nitrogens with zero attached hydrogens (tertiary/aromatic N) is 1. The number of amides is 2. The lowest BCUT2D eigenvalue weighted by Gasteiger charge is -2.46.